The maximum absolute atomic E-state index is 12.2. The second-order valence-electron chi connectivity index (χ2n) is 5.58. The van der Waals surface area contributed by atoms with Crippen molar-refractivity contribution in [2.45, 2.75) is 31.3 Å². The van der Waals surface area contributed by atoms with Crippen LogP contribution in [0.4, 0.5) is 0 Å². The van der Waals surface area contributed by atoms with Gasteiger partial charge in [0.05, 0.1) is 22.5 Å². The van der Waals surface area contributed by atoms with Crippen LogP contribution >= 0.6 is 0 Å². The Morgan fingerprint density at radius 1 is 1.08 bits per heavy atom. The van der Waals surface area contributed by atoms with Gasteiger partial charge in [-0.15, -0.1) is 0 Å². The van der Waals surface area contributed by atoms with E-state index in [1.54, 1.807) is 12.1 Å². The van der Waals surface area contributed by atoms with Crippen molar-refractivity contribution in [3.8, 4) is 5.75 Å². The molecule has 0 aromatic heterocycles. The summed E-state index contributed by atoms with van der Waals surface area (Å²) in [4.78, 5) is 11.8. The number of sulfonamides is 1. The van der Waals surface area contributed by atoms with Crippen LogP contribution < -0.4 is 14.8 Å². The van der Waals surface area contributed by atoms with E-state index in [9.17, 15) is 21.6 Å². The molecule has 0 aliphatic rings. The molecule has 25 heavy (non-hydrogen) atoms. The third-order valence-corrected chi connectivity index (χ3v) is 6.25. The minimum atomic E-state index is -3.61. The Kier molecular flexibility index (Phi) is 7.84. The van der Waals surface area contributed by atoms with Crippen LogP contribution in [0.25, 0.3) is 0 Å². The third kappa shape index (κ3) is 7.84. The van der Waals surface area contributed by atoms with Crippen molar-refractivity contribution in [3.63, 3.8) is 0 Å². The lowest BCUT2D eigenvalue weighted by atomic mass is 10.3. The van der Waals surface area contributed by atoms with E-state index in [1.807, 2.05) is 13.8 Å². The Morgan fingerprint density at radius 2 is 1.68 bits per heavy atom. The molecule has 142 valence electrons. The number of hydrogen-bond acceptors (Lipinski definition) is 6. The van der Waals surface area contributed by atoms with E-state index in [1.165, 1.54) is 19.2 Å². The van der Waals surface area contributed by atoms with Gasteiger partial charge in [-0.05, 0) is 45.2 Å². The van der Waals surface area contributed by atoms with Crippen molar-refractivity contribution in [1.29, 1.82) is 0 Å². The average Bonchev–Trinajstić information content (AvgIpc) is 2.53. The number of carbonyl (C=O) groups excluding carboxylic acids is 1. The molecule has 0 saturated carbocycles. The second kappa shape index (κ2) is 9.16. The average molecular weight is 392 g/mol. The smallest absolute Gasteiger partial charge is 0.221 e. The second-order valence-corrected chi connectivity index (χ2v) is 9.73. The monoisotopic (exact) mass is 392 g/mol. The van der Waals surface area contributed by atoms with E-state index < -0.39 is 25.8 Å². The van der Waals surface area contributed by atoms with Gasteiger partial charge < -0.3 is 10.1 Å². The summed E-state index contributed by atoms with van der Waals surface area (Å²) in [7, 11) is -5.74. The summed E-state index contributed by atoms with van der Waals surface area (Å²) >= 11 is 0. The predicted octanol–water partition coefficient (Wildman–Crippen LogP) is 0.303. The van der Waals surface area contributed by atoms with Gasteiger partial charge in [-0.2, -0.15) is 0 Å². The Morgan fingerprint density at radius 3 is 2.20 bits per heavy atom. The van der Waals surface area contributed by atoms with Gasteiger partial charge in [0, 0.05) is 13.0 Å². The molecular formula is C15H24N2O6S2. The zero-order chi connectivity index (χ0) is 19.1. The van der Waals surface area contributed by atoms with Crippen molar-refractivity contribution in [3.05, 3.63) is 24.3 Å². The number of nitrogens with one attached hydrogen (secondary N) is 2. The molecule has 1 amide bonds. The summed E-state index contributed by atoms with van der Waals surface area (Å²) < 4.78 is 54.4. The maximum Gasteiger partial charge on any atom is 0.221 e. The van der Waals surface area contributed by atoms with Crippen molar-refractivity contribution in [1.82, 2.24) is 10.0 Å². The van der Waals surface area contributed by atoms with Gasteiger partial charge in [-0.3, -0.25) is 4.79 Å². The lowest BCUT2D eigenvalue weighted by Crippen LogP contribution is -2.33. The number of hydrogen-bond donors (Lipinski definition) is 2. The fourth-order valence-corrected chi connectivity index (χ4v) is 3.67. The fraction of sp³-hybridized carbons (Fsp3) is 0.533. The molecule has 10 heteroatoms. The Hall–Kier alpha value is -1.65. The number of benzene rings is 1. The van der Waals surface area contributed by atoms with E-state index in [4.69, 9.17) is 4.74 Å². The summed E-state index contributed by atoms with van der Waals surface area (Å²) in [5.74, 6) is -0.575. The summed E-state index contributed by atoms with van der Waals surface area (Å²) in [5, 5.41) is 2.39. The molecule has 0 atom stereocenters. The lowest BCUT2D eigenvalue weighted by molar-refractivity contribution is -0.120. The largest absolute Gasteiger partial charge is 0.491 e. The first-order chi connectivity index (χ1) is 11.6. The third-order valence-electron chi connectivity index (χ3n) is 3.16. The molecule has 0 aliphatic heterocycles. The fourth-order valence-electron chi connectivity index (χ4n) is 1.86. The summed E-state index contributed by atoms with van der Waals surface area (Å²) in [5.41, 5.74) is 0. The molecule has 0 heterocycles. The first-order valence-electron chi connectivity index (χ1n) is 7.73. The number of ether oxygens (including phenoxy) is 1. The SMILES string of the molecule is CNS(=O)(=O)CCNC(=O)CCS(=O)(=O)c1ccc(OC(C)C)cc1. The molecule has 1 rings (SSSR count). The van der Waals surface area contributed by atoms with Crippen LogP contribution in [0.1, 0.15) is 20.3 Å². The molecule has 0 aliphatic carbocycles. The molecule has 1 aromatic rings. The Bertz CT molecular complexity index is 771. The van der Waals surface area contributed by atoms with Crippen LogP contribution in [0.3, 0.4) is 0 Å². The zero-order valence-corrected chi connectivity index (χ0v) is 16.1. The highest BCUT2D eigenvalue weighted by molar-refractivity contribution is 7.91. The van der Waals surface area contributed by atoms with E-state index in [0.717, 1.165) is 0 Å². The minimum Gasteiger partial charge on any atom is -0.491 e. The van der Waals surface area contributed by atoms with Gasteiger partial charge in [0.25, 0.3) is 0 Å². The number of rotatable bonds is 10. The first kappa shape index (κ1) is 21.4. The number of carbonyl (C=O) groups is 1. The van der Waals surface area contributed by atoms with Crippen LogP contribution in [0.15, 0.2) is 29.2 Å². The standard InChI is InChI=1S/C15H24N2O6S2/c1-12(2)23-13-4-6-14(7-5-13)24(19,20)10-8-15(18)17-9-11-25(21,22)16-3/h4-7,12,16H,8-11H2,1-3H3,(H,17,18). The van der Waals surface area contributed by atoms with Crippen LogP contribution in [-0.4, -0.2) is 53.9 Å². The van der Waals surface area contributed by atoms with Gasteiger partial charge in [-0.1, -0.05) is 0 Å². The van der Waals surface area contributed by atoms with Crippen LogP contribution in [0, 0.1) is 0 Å². The molecule has 0 saturated heterocycles. The van der Waals surface area contributed by atoms with Crippen molar-refractivity contribution >= 4 is 25.8 Å². The molecule has 2 N–H and O–H groups in total. The number of amides is 1. The molecule has 8 nitrogen and oxygen atoms in total. The normalized spacial score (nSPS) is 12.2. The Balaban J connectivity index is 2.53. The summed E-state index contributed by atoms with van der Waals surface area (Å²) in [6.07, 6.45) is -0.260. The molecule has 0 spiro atoms. The Labute approximate surface area is 148 Å². The first-order valence-corrected chi connectivity index (χ1v) is 11.0. The molecule has 0 fully saturated rings. The van der Waals surface area contributed by atoms with E-state index in [-0.39, 0.29) is 35.5 Å². The van der Waals surface area contributed by atoms with E-state index in [0.29, 0.717) is 5.75 Å². The molecule has 0 radical (unpaired) electrons. The molecule has 0 unspecified atom stereocenters. The highest BCUT2D eigenvalue weighted by Gasteiger charge is 2.17. The topological polar surface area (TPSA) is 119 Å². The van der Waals surface area contributed by atoms with Crippen molar-refractivity contribution < 1.29 is 26.4 Å². The van der Waals surface area contributed by atoms with Gasteiger partial charge in [-0.25, -0.2) is 21.6 Å². The highest BCUT2D eigenvalue weighted by atomic mass is 32.2. The number of sulfone groups is 1. The van der Waals surface area contributed by atoms with Gasteiger partial charge >= 0.3 is 0 Å². The minimum absolute atomic E-state index is 0.0159. The highest BCUT2D eigenvalue weighted by Crippen LogP contribution is 2.18. The lowest BCUT2D eigenvalue weighted by Gasteiger charge is -2.10. The van der Waals surface area contributed by atoms with Gasteiger partial charge in [0.2, 0.25) is 15.9 Å². The summed E-state index contributed by atoms with van der Waals surface area (Å²) in [6, 6.07) is 6.00. The summed E-state index contributed by atoms with van der Waals surface area (Å²) in [6.45, 7) is 3.65. The van der Waals surface area contributed by atoms with Gasteiger partial charge in [0.1, 0.15) is 5.75 Å². The van der Waals surface area contributed by atoms with Crippen LogP contribution in [0.5, 0.6) is 5.75 Å². The molecule has 0 bridgehead atoms. The van der Waals surface area contributed by atoms with Crippen molar-refractivity contribution in [2.24, 2.45) is 0 Å². The predicted molar refractivity (Wildman–Crippen MR) is 94.7 cm³/mol. The quantitative estimate of drug-likeness (QED) is 0.591. The van der Waals surface area contributed by atoms with Crippen LogP contribution in [0.2, 0.25) is 0 Å². The molecule has 1 aromatic carbocycles. The van der Waals surface area contributed by atoms with E-state index >= 15 is 0 Å². The van der Waals surface area contributed by atoms with E-state index in [2.05, 4.69) is 10.0 Å². The zero-order valence-electron chi connectivity index (χ0n) is 14.5. The van der Waals surface area contributed by atoms with Crippen LogP contribution in [-0.2, 0) is 24.7 Å². The maximum atomic E-state index is 12.2. The van der Waals surface area contributed by atoms with Gasteiger partial charge in [0.15, 0.2) is 9.84 Å². The molecular weight excluding hydrogens is 368 g/mol. The van der Waals surface area contributed by atoms with Crippen molar-refractivity contribution in [2.75, 3.05) is 25.1 Å².